The van der Waals surface area contributed by atoms with E-state index in [1.807, 2.05) is 31.2 Å². The Morgan fingerprint density at radius 3 is 2.31 bits per heavy atom. The minimum absolute atomic E-state index is 0.0280. The third-order valence-electron chi connectivity index (χ3n) is 2.05. The highest BCUT2D eigenvalue weighted by Gasteiger charge is 2.01. The molecule has 1 rings (SSSR count). The van der Waals surface area contributed by atoms with Crippen LogP contribution in [0.25, 0.3) is 0 Å². The first kappa shape index (κ1) is 12.8. The van der Waals surface area contributed by atoms with Gasteiger partial charge in [0.15, 0.2) is 0 Å². The van der Waals surface area contributed by atoms with E-state index in [1.54, 1.807) is 7.11 Å². The fraction of sp³-hybridized carbons (Fsp3) is 0.500. The number of rotatable bonds is 7. The van der Waals surface area contributed by atoms with Crippen LogP contribution in [0.2, 0.25) is 0 Å². The molecule has 0 saturated carbocycles. The summed E-state index contributed by atoms with van der Waals surface area (Å²) in [6, 6.07) is 7.48. The molecule has 0 radical (unpaired) electrons. The van der Waals surface area contributed by atoms with Gasteiger partial charge in [0, 0.05) is 13.7 Å². The van der Waals surface area contributed by atoms with Crippen LogP contribution in [0.3, 0.4) is 0 Å². The Balaban J connectivity index is 2.41. The van der Waals surface area contributed by atoms with Gasteiger partial charge in [0.2, 0.25) is 0 Å². The molecule has 4 nitrogen and oxygen atoms in total. The zero-order chi connectivity index (χ0) is 11.8. The van der Waals surface area contributed by atoms with E-state index in [0.29, 0.717) is 19.8 Å². The van der Waals surface area contributed by atoms with E-state index in [0.717, 1.165) is 11.5 Å². The van der Waals surface area contributed by atoms with Gasteiger partial charge >= 0.3 is 0 Å². The van der Waals surface area contributed by atoms with Crippen LogP contribution in [0.5, 0.6) is 11.5 Å². The molecule has 0 spiro atoms. The molecule has 1 unspecified atom stereocenters. The summed E-state index contributed by atoms with van der Waals surface area (Å²) >= 11 is 0. The maximum Gasteiger partial charge on any atom is 0.120 e. The summed E-state index contributed by atoms with van der Waals surface area (Å²) in [6.07, 6.45) is 0.0280. The Kier molecular flexibility index (Phi) is 5.67. The molecule has 0 fully saturated rings. The molecule has 0 aliphatic rings. The lowest BCUT2D eigenvalue weighted by Crippen LogP contribution is -2.22. The average Bonchev–Trinajstić information content (AvgIpc) is 2.31. The molecule has 0 saturated heterocycles. The van der Waals surface area contributed by atoms with E-state index in [-0.39, 0.29) is 6.10 Å². The summed E-state index contributed by atoms with van der Waals surface area (Å²) < 4.78 is 15.9. The van der Waals surface area contributed by atoms with E-state index in [9.17, 15) is 0 Å². The Hall–Kier alpha value is -1.26. The van der Waals surface area contributed by atoms with Crippen LogP contribution in [0, 0.1) is 0 Å². The molecule has 0 aromatic heterocycles. The van der Waals surface area contributed by atoms with Gasteiger partial charge in [-0.25, -0.2) is 0 Å². The van der Waals surface area contributed by atoms with Crippen LogP contribution in [-0.4, -0.2) is 33.0 Å². The number of benzene rings is 1. The second-order valence-electron chi connectivity index (χ2n) is 3.48. The van der Waals surface area contributed by atoms with E-state index in [4.69, 9.17) is 19.9 Å². The molecule has 16 heavy (non-hydrogen) atoms. The van der Waals surface area contributed by atoms with Crippen molar-refractivity contribution in [2.45, 2.75) is 13.0 Å². The fourth-order valence-corrected chi connectivity index (χ4v) is 1.14. The minimum atomic E-state index is 0.0280. The van der Waals surface area contributed by atoms with Gasteiger partial charge in [-0.2, -0.15) is 0 Å². The second-order valence-corrected chi connectivity index (χ2v) is 3.48. The first-order chi connectivity index (χ1) is 7.76. The van der Waals surface area contributed by atoms with Crippen molar-refractivity contribution in [3.05, 3.63) is 24.3 Å². The lowest BCUT2D eigenvalue weighted by molar-refractivity contribution is 0.146. The largest absolute Gasteiger partial charge is 0.491 e. The molecule has 1 aromatic carbocycles. The van der Waals surface area contributed by atoms with Crippen LogP contribution < -0.4 is 15.2 Å². The predicted molar refractivity (Wildman–Crippen MR) is 63.0 cm³/mol. The van der Waals surface area contributed by atoms with Gasteiger partial charge in [0.25, 0.3) is 0 Å². The van der Waals surface area contributed by atoms with Gasteiger partial charge in [-0.1, -0.05) is 0 Å². The predicted octanol–water partition coefficient (Wildman–Crippen LogP) is 1.44. The molecule has 4 heteroatoms. The van der Waals surface area contributed by atoms with Gasteiger partial charge in [-0.15, -0.1) is 0 Å². The molecule has 1 atom stereocenters. The molecule has 1 aromatic rings. The molecule has 2 N–H and O–H groups in total. The standard InChI is InChI=1S/C12H19NO3/c1-10(9-13)16-12-5-3-11(4-6-12)15-8-7-14-2/h3-6,10H,7-9,13H2,1-2H3. The maximum absolute atomic E-state index is 5.54. The van der Waals surface area contributed by atoms with Crippen molar-refractivity contribution < 1.29 is 14.2 Å². The molecular weight excluding hydrogens is 206 g/mol. The zero-order valence-corrected chi connectivity index (χ0v) is 9.81. The lowest BCUT2D eigenvalue weighted by atomic mass is 10.3. The minimum Gasteiger partial charge on any atom is -0.491 e. The molecule has 0 heterocycles. The smallest absolute Gasteiger partial charge is 0.120 e. The van der Waals surface area contributed by atoms with Crippen molar-refractivity contribution in [2.75, 3.05) is 26.9 Å². The van der Waals surface area contributed by atoms with Crippen LogP contribution in [0.1, 0.15) is 6.92 Å². The third-order valence-corrected chi connectivity index (χ3v) is 2.05. The van der Waals surface area contributed by atoms with Crippen LogP contribution >= 0.6 is 0 Å². The number of hydrogen-bond acceptors (Lipinski definition) is 4. The Bertz CT molecular complexity index is 287. The summed E-state index contributed by atoms with van der Waals surface area (Å²) in [7, 11) is 1.65. The van der Waals surface area contributed by atoms with Crippen molar-refractivity contribution in [3.63, 3.8) is 0 Å². The monoisotopic (exact) mass is 225 g/mol. The van der Waals surface area contributed by atoms with Gasteiger partial charge in [-0.05, 0) is 31.2 Å². The molecule has 90 valence electrons. The summed E-state index contributed by atoms with van der Waals surface area (Å²) in [5.74, 6) is 1.61. The Morgan fingerprint density at radius 2 is 1.75 bits per heavy atom. The molecule has 0 bridgehead atoms. The average molecular weight is 225 g/mol. The Morgan fingerprint density at radius 1 is 1.12 bits per heavy atom. The lowest BCUT2D eigenvalue weighted by Gasteiger charge is -2.12. The number of nitrogens with two attached hydrogens (primary N) is 1. The highest BCUT2D eigenvalue weighted by atomic mass is 16.5. The molecule has 0 aliphatic heterocycles. The maximum atomic E-state index is 5.54. The first-order valence-corrected chi connectivity index (χ1v) is 5.34. The highest BCUT2D eigenvalue weighted by Crippen LogP contribution is 2.18. The number of methoxy groups -OCH3 is 1. The van der Waals surface area contributed by atoms with E-state index in [2.05, 4.69) is 0 Å². The summed E-state index contributed by atoms with van der Waals surface area (Å²) in [5, 5.41) is 0. The fourth-order valence-electron chi connectivity index (χ4n) is 1.14. The van der Waals surface area contributed by atoms with Crippen molar-refractivity contribution in [1.29, 1.82) is 0 Å². The van der Waals surface area contributed by atoms with Crippen molar-refractivity contribution in [2.24, 2.45) is 5.73 Å². The van der Waals surface area contributed by atoms with E-state index < -0.39 is 0 Å². The first-order valence-electron chi connectivity index (χ1n) is 5.34. The van der Waals surface area contributed by atoms with Crippen molar-refractivity contribution in [3.8, 4) is 11.5 Å². The molecule has 0 aliphatic carbocycles. The normalized spacial score (nSPS) is 12.2. The number of hydrogen-bond donors (Lipinski definition) is 1. The summed E-state index contributed by atoms with van der Waals surface area (Å²) in [5.41, 5.74) is 5.47. The molecule has 0 amide bonds. The van der Waals surface area contributed by atoms with E-state index in [1.165, 1.54) is 0 Å². The summed E-state index contributed by atoms with van der Waals surface area (Å²) in [4.78, 5) is 0. The van der Waals surface area contributed by atoms with Crippen molar-refractivity contribution >= 4 is 0 Å². The van der Waals surface area contributed by atoms with Gasteiger partial charge in [0.1, 0.15) is 24.2 Å². The van der Waals surface area contributed by atoms with Crippen molar-refractivity contribution in [1.82, 2.24) is 0 Å². The van der Waals surface area contributed by atoms with E-state index >= 15 is 0 Å². The SMILES string of the molecule is COCCOc1ccc(OC(C)CN)cc1. The second kappa shape index (κ2) is 7.09. The third kappa shape index (κ3) is 4.51. The van der Waals surface area contributed by atoms with Crippen LogP contribution in [0.4, 0.5) is 0 Å². The quantitative estimate of drug-likeness (QED) is 0.713. The van der Waals surface area contributed by atoms with Gasteiger partial charge < -0.3 is 19.9 Å². The topological polar surface area (TPSA) is 53.7 Å². The zero-order valence-electron chi connectivity index (χ0n) is 9.81. The van der Waals surface area contributed by atoms with Crippen LogP contribution in [-0.2, 0) is 4.74 Å². The molecular formula is C12H19NO3. The van der Waals surface area contributed by atoms with Crippen LogP contribution in [0.15, 0.2) is 24.3 Å². The van der Waals surface area contributed by atoms with Gasteiger partial charge in [0.05, 0.1) is 6.61 Å². The summed E-state index contributed by atoms with van der Waals surface area (Å²) in [6.45, 7) is 3.58. The highest BCUT2D eigenvalue weighted by molar-refractivity contribution is 5.31. The Labute approximate surface area is 96.3 Å². The van der Waals surface area contributed by atoms with Gasteiger partial charge in [-0.3, -0.25) is 0 Å². The number of ether oxygens (including phenoxy) is 3.